The molecule has 0 saturated carbocycles. The summed E-state index contributed by atoms with van der Waals surface area (Å²) in [7, 11) is 0. The van der Waals surface area contributed by atoms with E-state index in [0.717, 1.165) is 41.9 Å². The minimum absolute atomic E-state index is 0.00764. The lowest BCUT2D eigenvalue weighted by Gasteiger charge is -2.34. The van der Waals surface area contributed by atoms with Crippen molar-refractivity contribution < 1.29 is 47.2 Å². The Balaban J connectivity index is 0.818. The van der Waals surface area contributed by atoms with Crippen molar-refractivity contribution in [2.24, 2.45) is 5.92 Å². The molecule has 4 aliphatic rings. The van der Waals surface area contributed by atoms with Crippen LogP contribution in [-0.4, -0.2) is 122 Å². The highest BCUT2D eigenvalue weighted by atomic mass is 35.5. The predicted octanol–water partition coefficient (Wildman–Crippen LogP) is 9.05. The number of ether oxygens (including phenoxy) is 3. The monoisotopic (exact) mass is 1180 g/mol. The Bertz CT molecular complexity index is 3830. The van der Waals surface area contributed by atoms with Gasteiger partial charge in [-0.3, -0.25) is 9.59 Å². The second-order valence-electron chi connectivity index (χ2n) is 22.1. The Morgan fingerprint density at radius 1 is 0.940 bits per heavy atom. The summed E-state index contributed by atoms with van der Waals surface area (Å²) < 4.78 is 65.5. The zero-order valence-corrected chi connectivity index (χ0v) is 47.3. The molecule has 5 aromatic carbocycles. The minimum Gasteiger partial charge on any atom is -0.486 e. The van der Waals surface area contributed by atoms with Crippen molar-refractivity contribution in [2.45, 2.75) is 95.0 Å². The zero-order valence-electron chi connectivity index (χ0n) is 45.8. The first kappa shape index (κ1) is 56.6. The first-order valence-corrected chi connectivity index (χ1v) is 29.1. The number of β-amino-alcohol motifs (C(OH)–C–C–N with tert-alkyl or cyclic N) is 1. The number of anilines is 2. The van der Waals surface area contributed by atoms with E-state index in [1.807, 2.05) is 38.1 Å². The molecule has 18 nitrogen and oxygen atoms in total. The van der Waals surface area contributed by atoms with E-state index in [1.54, 1.807) is 30.5 Å². The molecule has 0 spiro atoms. The number of fused-ring (bicyclic) bond motifs is 4. The first-order valence-electron chi connectivity index (χ1n) is 27.9. The highest BCUT2D eigenvalue weighted by Gasteiger charge is 2.43. The molecule has 8 aromatic rings. The summed E-state index contributed by atoms with van der Waals surface area (Å²) in [5.41, 5.74) is 10.0. The smallest absolute Gasteiger partial charge is 0.319 e. The lowest BCUT2D eigenvalue weighted by molar-refractivity contribution is -0.142. The number of benzene rings is 5. The second-order valence-corrected chi connectivity index (χ2v) is 23.6. The number of piperazine rings is 1. The van der Waals surface area contributed by atoms with Crippen LogP contribution in [-0.2, 0) is 20.9 Å². The third-order valence-corrected chi connectivity index (χ3v) is 17.6. The number of aliphatic hydroxyl groups excluding tert-OH is 2. The van der Waals surface area contributed by atoms with Gasteiger partial charge in [-0.2, -0.15) is 15.2 Å². The lowest BCUT2D eigenvalue weighted by atomic mass is 9.96. The second kappa shape index (κ2) is 23.6. The highest BCUT2D eigenvalue weighted by molar-refractivity contribution is 7.23. The third kappa shape index (κ3) is 11.0. The number of carbonyl (C=O) groups is 2. The fourth-order valence-electron chi connectivity index (χ4n) is 12.1. The molecule has 0 aliphatic carbocycles. The number of carbonyl (C=O) groups excluding carboxylic acids is 2. The molecular weight excluding hydrogens is 1120 g/mol. The molecule has 3 aromatic heterocycles. The summed E-state index contributed by atoms with van der Waals surface area (Å²) in [5, 5.41) is 48.4. The number of amides is 2. The Morgan fingerprint density at radius 3 is 2.35 bits per heavy atom. The van der Waals surface area contributed by atoms with Gasteiger partial charge >= 0.3 is 6.01 Å². The number of aromatic nitrogens is 5. The number of nitriles is 1. The van der Waals surface area contributed by atoms with E-state index in [2.05, 4.69) is 31.9 Å². The lowest BCUT2D eigenvalue weighted by Crippen LogP contribution is -2.51. The maximum absolute atomic E-state index is 15.6. The molecule has 0 radical (unpaired) electrons. The molecule has 4 fully saturated rings. The van der Waals surface area contributed by atoms with E-state index in [1.165, 1.54) is 33.8 Å². The first-order chi connectivity index (χ1) is 40.6. The van der Waals surface area contributed by atoms with Crippen molar-refractivity contribution >= 4 is 66.6 Å². The number of halogens is 4. The van der Waals surface area contributed by atoms with Gasteiger partial charge in [-0.25, -0.2) is 17.9 Å². The van der Waals surface area contributed by atoms with Gasteiger partial charge in [0.05, 0.1) is 59.0 Å². The molecule has 2 bridgehead atoms. The predicted molar refractivity (Wildman–Crippen MR) is 311 cm³/mol. The number of hydrogen-bond acceptors (Lipinski definition) is 16. The number of aliphatic hydroxyl groups is 2. The number of nitrogens with zero attached hydrogens (tertiary/aromatic N) is 8. The molecule has 12 rings (SSSR count). The number of rotatable bonds is 16. The summed E-state index contributed by atoms with van der Waals surface area (Å²) >= 11 is 8.40. The van der Waals surface area contributed by atoms with E-state index < -0.39 is 60.1 Å². The topological polar surface area (TPSA) is 239 Å². The van der Waals surface area contributed by atoms with Gasteiger partial charge < -0.3 is 50.6 Å². The van der Waals surface area contributed by atoms with Crippen molar-refractivity contribution in [3.63, 3.8) is 0 Å². The SMILES string of the molecule is CC(C)[C@@H](C(=O)N1C[C@H](O)C[C@H]1C(=O)N[C@@H](CO)c1ccc(-c2c(F)cccc2F)cc1)n1cc(-c2ccc(COc3c(-c4ccc(F)c5sc(N)c(C#N)c45)c(Cl)cc4c(N5CC6CCC(C5)N6)nc(OC5CCOCC5)nc34)cc2)nn1. The Morgan fingerprint density at radius 2 is 1.65 bits per heavy atom. The number of hydrogen-bond donors (Lipinski definition) is 5. The van der Waals surface area contributed by atoms with Gasteiger partial charge in [0.25, 0.3) is 0 Å². The van der Waals surface area contributed by atoms with Crippen molar-refractivity contribution in [2.75, 3.05) is 50.1 Å². The average Bonchev–Trinajstić information content (AvgIpc) is 1.54. The van der Waals surface area contributed by atoms with Crippen LogP contribution in [0, 0.1) is 34.7 Å². The van der Waals surface area contributed by atoms with Gasteiger partial charge in [-0.05, 0) is 65.3 Å². The molecule has 84 heavy (non-hydrogen) atoms. The molecule has 434 valence electrons. The van der Waals surface area contributed by atoms with Crippen molar-refractivity contribution in [3.05, 3.63) is 130 Å². The van der Waals surface area contributed by atoms with Gasteiger partial charge in [0.1, 0.15) is 70.3 Å². The van der Waals surface area contributed by atoms with Crippen LogP contribution in [0.15, 0.2) is 91.1 Å². The molecule has 4 saturated heterocycles. The van der Waals surface area contributed by atoms with E-state index in [9.17, 15) is 33.8 Å². The molecule has 2 unspecified atom stereocenters. The number of nitrogens with two attached hydrogens (primary N) is 1. The fourth-order valence-corrected chi connectivity index (χ4v) is 13.3. The zero-order chi connectivity index (χ0) is 58.5. The van der Waals surface area contributed by atoms with Gasteiger partial charge in [0.2, 0.25) is 11.8 Å². The molecule has 6 atom stereocenters. The van der Waals surface area contributed by atoms with E-state index >= 15 is 4.39 Å². The largest absolute Gasteiger partial charge is 0.486 e. The average molecular weight is 1180 g/mol. The number of nitrogen functional groups attached to an aromatic ring is 1. The molecule has 4 aliphatic heterocycles. The van der Waals surface area contributed by atoms with Crippen LogP contribution in [0.1, 0.15) is 74.7 Å². The van der Waals surface area contributed by atoms with Crippen LogP contribution in [0.2, 0.25) is 5.02 Å². The molecule has 2 amide bonds. The van der Waals surface area contributed by atoms with E-state index in [-0.39, 0.29) is 86.9 Å². The number of likely N-dealkylation sites (tertiary alicyclic amines) is 1. The number of nitrogens with one attached hydrogen (secondary N) is 2. The van der Waals surface area contributed by atoms with E-state index in [4.69, 9.17) is 41.5 Å². The van der Waals surface area contributed by atoms with Gasteiger partial charge in [-0.15, -0.1) is 16.4 Å². The normalized spacial score (nSPS) is 19.7. The van der Waals surface area contributed by atoms with Crippen molar-refractivity contribution in [1.82, 2.24) is 40.5 Å². The molecule has 6 N–H and O–H groups in total. The van der Waals surface area contributed by atoms with Crippen molar-refractivity contribution in [3.8, 4) is 51.3 Å². The van der Waals surface area contributed by atoms with Gasteiger partial charge in [0, 0.05) is 72.9 Å². The van der Waals surface area contributed by atoms with Gasteiger partial charge in [0.15, 0.2) is 5.75 Å². The third-order valence-electron chi connectivity index (χ3n) is 16.3. The Hall–Kier alpha value is -7.91. The molecule has 23 heteroatoms. The highest BCUT2D eigenvalue weighted by Crippen LogP contribution is 2.50. The number of thiophene rings is 1. The van der Waals surface area contributed by atoms with E-state index in [0.29, 0.717) is 89.2 Å². The standard InChI is InChI=1S/C61H59ClF3N11O7S/c1-31(2)54(60(80)75-27-38(78)22-49(75)59(79)69-48(29-77)34-10-12-35(13-11-34)50-44(63)4-3-5-45(50)64)76-28-47(72-73-76)33-8-6-32(7-9-33)30-82-55-52(40-16-17-46(65)56-51(40)42(24-66)57(67)84-56)43(62)23-41-53(55)70-61(83-39-18-20-81-21-19-39)71-58(41)74-25-36-14-15-37(26-74)68-36/h3-13,16-17,23,28,31,36-39,48-49,54,68,77-78H,14-15,18-22,25-27,29-30,67H2,1-2H3,(H,69,79)/t36?,37?,38-,48+,49+,54+/m1/s1. The minimum atomic E-state index is -1.10. The summed E-state index contributed by atoms with van der Waals surface area (Å²) in [4.78, 5) is 42.3. The van der Waals surface area contributed by atoms with Crippen LogP contribution in [0.5, 0.6) is 11.8 Å². The van der Waals surface area contributed by atoms with Crippen LogP contribution < -0.4 is 30.7 Å². The summed E-state index contributed by atoms with van der Waals surface area (Å²) in [6.45, 7) is 5.49. The quantitative estimate of drug-likeness (QED) is 0.0606. The maximum Gasteiger partial charge on any atom is 0.319 e. The summed E-state index contributed by atoms with van der Waals surface area (Å²) in [6, 6.07) is 21.7. The maximum atomic E-state index is 15.6. The van der Waals surface area contributed by atoms with Crippen LogP contribution in [0.4, 0.5) is 24.0 Å². The molecule has 7 heterocycles. The van der Waals surface area contributed by atoms with Crippen LogP contribution in [0.3, 0.4) is 0 Å². The summed E-state index contributed by atoms with van der Waals surface area (Å²) in [5.74, 6) is -2.53. The Labute approximate surface area is 489 Å². The van der Waals surface area contributed by atoms with Gasteiger partial charge in [-0.1, -0.05) is 91.3 Å². The van der Waals surface area contributed by atoms with Crippen molar-refractivity contribution in [1.29, 1.82) is 5.26 Å². The fraction of sp³-hybridized carbons (Fsp3) is 0.361. The Kier molecular flexibility index (Phi) is 15.9. The van der Waals surface area contributed by atoms with Crippen LogP contribution in [0.25, 0.3) is 54.5 Å². The molecular formula is C61H59ClF3N11O7S. The van der Waals surface area contributed by atoms with Crippen LogP contribution >= 0.6 is 22.9 Å². The summed E-state index contributed by atoms with van der Waals surface area (Å²) in [6.07, 6.45) is 3.76.